The summed E-state index contributed by atoms with van der Waals surface area (Å²) in [6, 6.07) is 18.7. The van der Waals surface area contributed by atoms with Gasteiger partial charge in [0.2, 0.25) is 5.91 Å². The third kappa shape index (κ3) is 4.35. The number of rotatable bonds is 4. The number of amides is 1. The Morgan fingerprint density at radius 1 is 1.04 bits per heavy atom. The Kier molecular flexibility index (Phi) is 5.34. The molecule has 1 aliphatic rings. The first-order valence-corrected chi connectivity index (χ1v) is 8.88. The summed E-state index contributed by atoms with van der Waals surface area (Å²) >= 11 is 3.47. The summed E-state index contributed by atoms with van der Waals surface area (Å²) in [6.45, 7) is 0. The quantitative estimate of drug-likeness (QED) is 0.818. The predicted octanol–water partition coefficient (Wildman–Crippen LogP) is 4.66. The third-order valence-corrected chi connectivity index (χ3v) is 4.77. The molecule has 0 radical (unpaired) electrons. The number of anilines is 1. The van der Waals surface area contributed by atoms with E-state index >= 15 is 0 Å². The van der Waals surface area contributed by atoms with Gasteiger partial charge in [0.05, 0.1) is 12.1 Å². The summed E-state index contributed by atoms with van der Waals surface area (Å²) in [4.78, 5) is 12.0. The fourth-order valence-electron chi connectivity index (χ4n) is 3.05. The van der Waals surface area contributed by atoms with E-state index in [1.165, 1.54) is 5.56 Å². The molecule has 3 rings (SSSR count). The zero-order chi connectivity index (χ0) is 16.1. The van der Waals surface area contributed by atoms with E-state index in [1.807, 2.05) is 30.3 Å². The van der Waals surface area contributed by atoms with Crippen LogP contribution < -0.4 is 10.6 Å². The first-order chi connectivity index (χ1) is 11.2. The van der Waals surface area contributed by atoms with Crippen molar-refractivity contribution in [1.82, 2.24) is 5.32 Å². The number of halogens is 1. The minimum Gasteiger partial charge on any atom is -0.376 e. The van der Waals surface area contributed by atoms with Crippen molar-refractivity contribution in [3.8, 4) is 0 Å². The molecule has 1 amide bonds. The van der Waals surface area contributed by atoms with Crippen LogP contribution in [-0.2, 0) is 4.79 Å². The molecule has 120 valence electrons. The lowest BCUT2D eigenvalue weighted by molar-refractivity contribution is -0.121. The zero-order valence-electron chi connectivity index (χ0n) is 13.0. The van der Waals surface area contributed by atoms with E-state index in [2.05, 4.69) is 50.8 Å². The van der Waals surface area contributed by atoms with Crippen LogP contribution in [0.4, 0.5) is 5.69 Å². The Bertz CT molecular complexity index is 642. The van der Waals surface area contributed by atoms with Crippen molar-refractivity contribution < 1.29 is 4.79 Å². The molecule has 1 fully saturated rings. The molecule has 2 aromatic rings. The number of carbonyl (C=O) groups is 1. The number of hydrogen-bond acceptors (Lipinski definition) is 2. The maximum atomic E-state index is 12.0. The molecule has 0 aromatic heterocycles. The summed E-state index contributed by atoms with van der Waals surface area (Å²) in [7, 11) is 0. The van der Waals surface area contributed by atoms with Crippen molar-refractivity contribution in [2.75, 3.05) is 5.32 Å². The Hall–Kier alpha value is -1.81. The van der Waals surface area contributed by atoms with Crippen LogP contribution in [-0.4, -0.2) is 11.9 Å². The van der Waals surface area contributed by atoms with Crippen LogP contribution in [0.3, 0.4) is 0 Å². The lowest BCUT2D eigenvalue weighted by atomic mass is 9.95. The Morgan fingerprint density at radius 2 is 1.78 bits per heavy atom. The fraction of sp³-hybridized carbons (Fsp3) is 0.316. The van der Waals surface area contributed by atoms with Gasteiger partial charge in [0.1, 0.15) is 0 Å². The lowest BCUT2D eigenvalue weighted by Crippen LogP contribution is -2.40. The molecule has 23 heavy (non-hydrogen) atoms. The summed E-state index contributed by atoms with van der Waals surface area (Å²) in [6.07, 6.45) is 3.68. The number of benzene rings is 2. The van der Waals surface area contributed by atoms with Gasteiger partial charge in [-0.15, -0.1) is 0 Å². The van der Waals surface area contributed by atoms with E-state index in [-0.39, 0.29) is 18.0 Å². The van der Waals surface area contributed by atoms with Crippen LogP contribution in [0.2, 0.25) is 0 Å². The SMILES string of the molecule is O=C1CCCCC(C(Nc2ccc(Br)cc2)c2ccccc2)N1. The van der Waals surface area contributed by atoms with Gasteiger partial charge in [-0.3, -0.25) is 4.79 Å². The van der Waals surface area contributed by atoms with E-state index in [4.69, 9.17) is 0 Å². The Balaban J connectivity index is 1.86. The molecule has 2 aromatic carbocycles. The molecule has 2 unspecified atom stereocenters. The van der Waals surface area contributed by atoms with Crippen LogP contribution >= 0.6 is 15.9 Å². The van der Waals surface area contributed by atoms with E-state index in [1.54, 1.807) is 0 Å². The van der Waals surface area contributed by atoms with Gasteiger partial charge in [-0.05, 0) is 42.7 Å². The molecule has 0 aliphatic carbocycles. The maximum absolute atomic E-state index is 12.0. The molecule has 3 nitrogen and oxygen atoms in total. The van der Waals surface area contributed by atoms with E-state index < -0.39 is 0 Å². The third-order valence-electron chi connectivity index (χ3n) is 4.24. The second-order valence-corrected chi connectivity index (χ2v) is 6.88. The fourth-order valence-corrected chi connectivity index (χ4v) is 3.32. The Morgan fingerprint density at radius 3 is 2.52 bits per heavy atom. The van der Waals surface area contributed by atoms with Gasteiger partial charge in [0.25, 0.3) is 0 Å². The minimum absolute atomic E-state index is 0.0689. The molecule has 1 heterocycles. The lowest BCUT2D eigenvalue weighted by Gasteiger charge is -2.29. The van der Waals surface area contributed by atoms with E-state index in [9.17, 15) is 4.79 Å². The molecule has 0 bridgehead atoms. The van der Waals surface area contributed by atoms with Gasteiger partial charge in [-0.2, -0.15) is 0 Å². The van der Waals surface area contributed by atoms with Crippen molar-refractivity contribution in [3.63, 3.8) is 0 Å². The summed E-state index contributed by atoms with van der Waals surface area (Å²) in [5.41, 5.74) is 2.25. The second-order valence-electron chi connectivity index (χ2n) is 5.96. The molecule has 0 saturated carbocycles. The van der Waals surface area contributed by atoms with Gasteiger partial charge in [-0.25, -0.2) is 0 Å². The normalized spacial score (nSPS) is 19.5. The summed E-state index contributed by atoms with van der Waals surface area (Å²) in [5.74, 6) is 0.158. The van der Waals surface area contributed by atoms with Crippen LogP contribution in [0.1, 0.15) is 37.3 Å². The van der Waals surface area contributed by atoms with Gasteiger partial charge in [0, 0.05) is 16.6 Å². The number of carbonyl (C=O) groups excluding carboxylic acids is 1. The van der Waals surface area contributed by atoms with Crippen LogP contribution in [0.5, 0.6) is 0 Å². The molecule has 1 aliphatic heterocycles. The number of nitrogens with one attached hydrogen (secondary N) is 2. The Labute approximate surface area is 145 Å². The molecular formula is C19H21BrN2O. The van der Waals surface area contributed by atoms with Crippen molar-refractivity contribution in [3.05, 3.63) is 64.6 Å². The van der Waals surface area contributed by atoms with Gasteiger partial charge >= 0.3 is 0 Å². The molecule has 1 saturated heterocycles. The minimum atomic E-state index is 0.0689. The highest BCUT2D eigenvalue weighted by Gasteiger charge is 2.26. The molecule has 0 spiro atoms. The first-order valence-electron chi connectivity index (χ1n) is 8.09. The maximum Gasteiger partial charge on any atom is 0.220 e. The van der Waals surface area contributed by atoms with Crippen molar-refractivity contribution in [2.45, 2.75) is 37.8 Å². The molecular weight excluding hydrogens is 352 g/mol. The summed E-state index contributed by atoms with van der Waals surface area (Å²) < 4.78 is 1.06. The van der Waals surface area contributed by atoms with Crippen molar-refractivity contribution in [2.24, 2.45) is 0 Å². The van der Waals surface area contributed by atoms with E-state index in [0.29, 0.717) is 6.42 Å². The van der Waals surface area contributed by atoms with Crippen LogP contribution in [0.25, 0.3) is 0 Å². The van der Waals surface area contributed by atoms with Crippen LogP contribution in [0.15, 0.2) is 59.1 Å². The second kappa shape index (κ2) is 7.64. The van der Waals surface area contributed by atoms with E-state index in [0.717, 1.165) is 29.4 Å². The topological polar surface area (TPSA) is 41.1 Å². The average Bonchev–Trinajstić information content (AvgIpc) is 2.79. The molecule has 4 heteroatoms. The van der Waals surface area contributed by atoms with Crippen LogP contribution in [0, 0.1) is 0 Å². The first kappa shape index (κ1) is 16.1. The zero-order valence-corrected chi connectivity index (χ0v) is 14.6. The largest absolute Gasteiger partial charge is 0.376 e. The highest BCUT2D eigenvalue weighted by molar-refractivity contribution is 9.10. The molecule has 2 N–H and O–H groups in total. The van der Waals surface area contributed by atoms with Gasteiger partial charge in [0.15, 0.2) is 0 Å². The molecule has 2 atom stereocenters. The highest BCUT2D eigenvalue weighted by Crippen LogP contribution is 2.27. The van der Waals surface area contributed by atoms with Crippen molar-refractivity contribution >= 4 is 27.5 Å². The standard InChI is InChI=1S/C19H21BrN2O/c20-15-10-12-16(13-11-15)21-19(14-6-2-1-3-7-14)17-8-4-5-9-18(23)22-17/h1-3,6-7,10-13,17,19,21H,4-5,8-9H2,(H,22,23). The van der Waals surface area contributed by atoms with Gasteiger partial charge in [-0.1, -0.05) is 52.7 Å². The number of hydrogen-bond donors (Lipinski definition) is 2. The average molecular weight is 373 g/mol. The summed E-state index contributed by atoms with van der Waals surface area (Å²) in [5, 5.41) is 6.80. The monoisotopic (exact) mass is 372 g/mol. The highest BCUT2D eigenvalue weighted by atomic mass is 79.9. The van der Waals surface area contributed by atoms with Gasteiger partial charge < -0.3 is 10.6 Å². The smallest absolute Gasteiger partial charge is 0.220 e. The van der Waals surface area contributed by atoms with Crippen molar-refractivity contribution in [1.29, 1.82) is 0 Å². The predicted molar refractivity (Wildman–Crippen MR) is 97.3 cm³/mol.